The SMILES string of the molecule is c1ccc2c(c1)Cc1cc3c(cc1-2)Cc1nc2c4cccnc4c4cccnc4n2c1-3. The Morgan fingerprint density at radius 3 is 2.35 bits per heavy atom. The summed E-state index contributed by atoms with van der Waals surface area (Å²) in [6.07, 6.45) is 5.56. The first kappa shape index (κ1) is 15.7. The van der Waals surface area contributed by atoms with E-state index in [2.05, 4.69) is 57.9 Å². The molecule has 4 aromatic heterocycles. The van der Waals surface area contributed by atoms with Crippen molar-refractivity contribution in [3.8, 4) is 22.4 Å². The maximum Gasteiger partial charge on any atom is 0.148 e. The van der Waals surface area contributed by atoms with Crippen LogP contribution in [0, 0.1) is 0 Å². The van der Waals surface area contributed by atoms with Crippen LogP contribution < -0.4 is 0 Å². The van der Waals surface area contributed by atoms with Crippen molar-refractivity contribution in [3.05, 3.63) is 95.4 Å². The topological polar surface area (TPSA) is 43.1 Å². The van der Waals surface area contributed by atoms with Gasteiger partial charge in [-0.15, -0.1) is 0 Å². The van der Waals surface area contributed by atoms with Crippen LogP contribution >= 0.6 is 0 Å². The van der Waals surface area contributed by atoms with Gasteiger partial charge in [0.25, 0.3) is 0 Å². The summed E-state index contributed by atoms with van der Waals surface area (Å²) in [6.45, 7) is 0. The van der Waals surface area contributed by atoms with E-state index in [1.165, 1.54) is 39.1 Å². The molecule has 0 bridgehead atoms. The van der Waals surface area contributed by atoms with E-state index in [0.717, 1.165) is 46.1 Å². The van der Waals surface area contributed by atoms with Crippen LogP contribution in [0.5, 0.6) is 0 Å². The van der Waals surface area contributed by atoms with Gasteiger partial charge < -0.3 is 0 Å². The summed E-state index contributed by atoms with van der Waals surface area (Å²) >= 11 is 0. The van der Waals surface area contributed by atoms with Crippen LogP contribution in [-0.2, 0) is 12.8 Å². The molecule has 4 nitrogen and oxygen atoms in total. The molecule has 2 aliphatic rings. The molecule has 31 heavy (non-hydrogen) atoms. The zero-order valence-corrected chi connectivity index (χ0v) is 16.6. The Morgan fingerprint density at radius 2 is 1.42 bits per heavy atom. The number of nitrogens with zero attached hydrogens (tertiary/aromatic N) is 4. The molecule has 144 valence electrons. The molecule has 0 unspecified atom stereocenters. The second-order valence-corrected chi connectivity index (χ2v) is 8.52. The van der Waals surface area contributed by atoms with Crippen LogP contribution in [0.1, 0.15) is 22.4 Å². The number of benzene rings is 2. The van der Waals surface area contributed by atoms with Crippen molar-refractivity contribution in [2.75, 3.05) is 0 Å². The Labute approximate surface area is 177 Å². The highest BCUT2D eigenvalue weighted by molar-refractivity contribution is 6.09. The van der Waals surface area contributed by atoms with E-state index < -0.39 is 0 Å². The molecule has 4 heteroatoms. The minimum atomic E-state index is 0.859. The zero-order valence-electron chi connectivity index (χ0n) is 16.6. The zero-order chi connectivity index (χ0) is 20.1. The summed E-state index contributed by atoms with van der Waals surface area (Å²) in [5.74, 6) is 0. The van der Waals surface area contributed by atoms with Gasteiger partial charge in [-0.25, -0.2) is 9.97 Å². The lowest BCUT2D eigenvalue weighted by Gasteiger charge is -2.11. The molecule has 0 N–H and O–H groups in total. The molecule has 0 fully saturated rings. The first-order chi connectivity index (χ1) is 15.4. The molecule has 4 heterocycles. The van der Waals surface area contributed by atoms with Gasteiger partial charge in [-0.1, -0.05) is 24.3 Å². The van der Waals surface area contributed by atoms with Gasteiger partial charge in [-0.2, -0.15) is 0 Å². The third-order valence-corrected chi connectivity index (χ3v) is 6.88. The lowest BCUT2D eigenvalue weighted by Crippen LogP contribution is -1.97. The molecule has 0 atom stereocenters. The smallest absolute Gasteiger partial charge is 0.148 e. The van der Waals surface area contributed by atoms with Crippen molar-refractivity contribution >= 4 is 27.6 Å². The quantitative estimate of drug-likeness (QED) is 0.315. The van der Waals surface area contributed by atoms with Crippen LogP contribution in [0.4, 0.5) is 0 Å². The summed E-state index contributed by atoms with van der Waals surface area (Å²) in [5, 5.41) is 2.14. The average Bonchev–Trinajstić information content (AvgIpc) is 3.47. The summed E-state index contributed by atoms with van der Waals surface area (Å²) in [4.78, 5) is 14.6. The Morgan fingerprint density at radius 1 is 0.645 bits per heavy atom. The molecule has 0 spiro atoms. The monoisotopic (exact) mass is 396 g/mol. The van der Waals surface area contributed by atoms with E-state index in [4.69, 9.17) is 9.97 Å². The Hall–Kier alpha value is -4.05. The molecule has 0 saturated heterocycles. The molecule has 0 amide bonds. The first-order valence-electron chi connectivity index (χ1n) is 10.6. The summed E-state index contributed by atoms with van der Waals surface area (Å²) in [5.41, 5.74) is 13.4. The third kappa shape index (κ3) is 1.88. The van der Waals surface area contributed by atoms with Crippen molar-refractivity contribution in [2.24, 2.45) is 0 Å². The Kier molecular flexibility index (Phi) is 2.72. The highest BCUT2D eigenvalue weighted by Crippen LogP contribution is 2.45. The van der Waals surface area contributed by atoms with Crippen molar-refractivity contribution in [2.45, 2.75) is 12.8 Å². The van der Waals surface area contributed by atoms with Crippen LogP contribution in [0.3, 0.4) is 0 Å². The summed E-state index contributed by atoms with van der Waals surface area (Å²) in [6, 6.07) is 21.8. The average molecular weight is 396 g/mol. The Balaban J connectivity index is 1.49. The van der Waals surface area contributed by atoms with E-state index >= 15 is 0 Å². The van der Waals surface area contributed by atoms with E-state index in [-0.39, 0.29) is 0 Å². The molecule has 6 aromatic rings. The van der Waals surface area contributed by atoms with Gasteiger partial charge in [0.15, 0.2) is 0 Å². The minimum Gasteiger partial charge on any atom is -0.275 e. The van der Waals surface area contributed by atoms with Crippen LogP contribution in [-0.4, -0.2) is 19.4 Å². The number of fused-ring (bicyclic) bond motifs is 13. The van der Waals surface area contributed by atoms with Gasteiger partial charge in [0.1, 0.15) is 11.3 Å². The summed E-state index contributed by atoms with van der Waals surface area (Å²) in [7, 11) is 0. The fourth-order valence-corrected chi connectivity index (χ4v) is 5.59. The third-order valence-electron chi connectivity index (χ3n) is 6.88. The molecule has 0 radical (unpaired) electrons. The standard InChI is InChI=1S/C27H16N4/c1-2-6-18-15(5-1)11-16-13-22-17(12-21(16)18)14-23-25(22)31-26-19(7-4-10-29-26)24-20(27(31)30-23)8-3-9-28-24/h1-10,12-13H,11,14H2. The number of hydrogen-bond acceptors (Lipinski definition) is 3. The van der Waals surface area contributed by atoms with Gasteiger partial charge >= 0.3 is 0 Å². The number of pyridine rings is 3. The molecule has 2 aliphatic carbocycles. The van der Waals surface area contributed by atoms with Gasteiger partial charge in [-0.05, 0) is 70.6 Å². The van der Waals surface area contributed by atoms with Gasteiger partial charge in [0.2, 0.25) is 0 Å². The highest BCUT2D eigenvalue weighted by atomic mass is 15.1. The number of rotatable bonds is 0. The molecular weight excluding hydrogens is 380 g/mol. The predicted molar refractivity (Wildman–Crippen MR) is 122 cm³/mol. The molecule has 0 aliphatic heterocycles. The van der Waals surface area contributed by atoms with Crippen LogP contribution in [0.25, 0.3) is 50.0 Å². The van der Waals surface area contributed by atoms with E-state index in [0.29, 0.717) is 0 Å². The Bertz CT molecular complexity index is 1740. The van der Waals surface area contributed by atoms with E-state index in [1.807, 2.05) is 24.5 Å². The number of imidazole rings is 1. The van der Waals surface area contributed by atoms with Gasteiger partial charge in [-0.3, -0.25) is 9.38 Å². The lowest BCUT2D eigenvalue weighted by atomic mass is 9.99. The largest absolute Gasteiger partial charge is 0.275 e. The second kappa shape index (κ2) is 5.35. The van der Waals surface area contributed by atoms with Gasteiger partial charge in [0, 0.05) is 35.2 Å². The molecular formula is C27H16N4. The van der Waals surface area contributed by atoms with E-state index in [9.17, 15) is 0 Å². The van der Waals surface area contributed by atoms with Crippen molar-refractivity contribution in [1.82, 2.24) is 19.4 Å². The van der Waals surface area contributed by atoms with Crippen LogP contribution in [0.15, 0.2) is 73.1 Å². The summed E-state index contributed by atoms with van der Waals surface area (Å²) < 4.78 is 2.26. The maximum atomic E-state index is 5.12. The minimum absolute atomic E-state index is 0.859. The van der Waals surface area contributed by atoms with Crippen molar-refractivity contribution in [3.63, 3.8) is 0 Å². The fraction of sp³-hybridized carbons (Fsp3) is 0.0741. The maximum absolute atomic E-state index is 5.12. The normalized spacial score (nSPS) is 13.5. The van der Waals surface area contributed by atoms with Crippen molar-refractivity contribution in [1.29, 1.82) is 0 Å². The first-order valence-corrected chi connectivity index (χ1v) is 10.6. The number of aromatic nitrogens is 4. The van der Waals surface area contributed by atoms with Crippen molar-refractivity contribution < 1.29 is 0 Å². The highest BCUT2D eigenvalue weighted by Gasteiger charge is 2.30. The van der Waals surface area contributed by atoms with Crippen LogP contribution in [0.2, 0.25) is 0 Å². The fourth-order valence-electron chi connectivity index (χ4n) is 5.59. The van der Waals surface area contributed by atoms with E-state index in [1.54, 1.807) is 0 Å². The van der Waals surface area contributed by atoms with Gasteiger partial charge in [0.05, 0.1) is 16.9 Å². The molecule has 8 rings (SSSR count). The molecule has 0 saturated carbocycles. The predicted octanol–water partition coefficient (Wildman–Crippen LogP) is 5.57. The molecule has 2 aromatic carbocycles. The lowest BCUT2D eigenvalue weighted by molar-refractivity contribution is 1.16. The second-order valence-electron chi connectivity index (χ2n) is 8.52. The number of hydrogen-bond donors (Lipinski definition) is 0.